The molecule has 1 fully saturated rings. The number of hydrogen-bond acceptors (Lipinski definition) is 4. The zero-order chi connectivity index (χ0) is 15.9. The van der Waals surface area contributed by atoms with Crippen LogP contribution in [0.3, 0.4) is 0 Å². The minimum Gasteiger partial charge on any atom is -0.312 e. The van der Waals surface area contributed by atoms with Crippen molar-refractivity contribution >= 4 is 35.9 Å². The van der Waals surface area contributed by atoms with E-state index in [0.717, 1.165) is 36.8 Å². The molecule has 2 heterocycles. The molecule has 0 aliphatic carbocycles. The van der Waals surface area contributed by atoms with Crippen LogP contribution in [-0.2, 0) is 17.8 Å². The van der Waals surface area contributed by atoms with E-state index in [1.807, 2.05) is 40.7 Å². The molecule has 24 heavy (non-hydrogen) atoms. The third-order valence-electron chi connectivity index (χ3n) is 3.87. The molecule has 2 aromatic rings. The Morgan fingerprint density at radius 1 is 1.33 bits per heavy atom. The molecule has 7 heteroatoms. The van der Waals surface area contributed by atoms with Crippen molar-refractivity contribution in [1.29, 1.82) is 0 Å². The van der Waals surface area contributed by atoms with Gasteiger partial charge in [0, 0.05) is 43.1 Å². The van der Waals surface area contributed by atoms with Crippen molar-refractivity contribution in [3.05, 3.63) is 48.2 Å². The first kappa shape index (κ1) is 18.8. The van der Waals surface area contributed by atoms with E-state index in [-0.39, 0.29) is 24.4 Å². The lowest BCUT2D eigenvalue weighted by Gasteiger charge is -2.22. The average Bonchev–Trinajstić information content (AvgIpc) is 3.02. The maximum Gasteiger partial charge on any atom is 0.227 e. The number of thioether (sulfide) groups is 1. The van der Waals surface area contributed by atoms with E-state index in [0.29, 0.717) is 6.42 Å². The van der Waals surface area contributed by atoms with E-state index in [9.17, 15) is 4.79 Å². The predicted molar refractivity (Wildman–Crippen MR) is 102 cm³/mol. The van der Waals surface area contributed by atoms with Crippen LogP contribution in [0.25, 0.3) is 0 Å². The lowest BCUT2D eigenvalue weighted by atomic mass is 10.1. The van der Waals surface area contributed by atoms with Crippen LogP contribution in [-0.4, -0.2) is 39.8 Å². The van der Waals surface area contributed by atoms with Gasteiger partial charge in [0.25, 0.3) is 0 Å². The van der Waals surface area contributed by atoms with Crippen molar-refractivity contribution in [2.45, 2.75) is 25.4 Å². The number of aryl methyl sites for hydroxylation is 2. The van der Waals surface area contributed by atoms with Crippen molar-refractivity contribution in [1.82, 2.24) is 15.1 Å². The van der Waals surface area contributed by atoms with Gasteiger partial charge in [-0.05, 0) is 12.0 Å². The highest BCUT2D eigenvalue weighted by Crippen LogP contribution is 2.13. The molecule has 130 valence electrons. The summed E-state index contributed by atoms with van der Waals surface area (Å²) in [6.45, 7) is 1.74. The van der Waals surface area contributed by atoms with E-state index in [1.54, 1.807) is 6.20 Å². The van der Waals surface area contributed by atoms with Crippen molar-refractivity contribution in [3.63, 3.8) is 0 Å². The molecular formula is C17H23ClN4OS. The number of rotatable bonds is 6. The summed E-state index contributed by atoms with van der Waals surface area (Å²) in [4.78, 5) is 12.2. The van der Waals surface area contributed by atoms with Crippen LogP contribution in [0, 0.1) is 0 Å². The Balaban J connectivity index is 0.00000208. The van der Waals surface area contributed by atoms with Gasteiger partial charge in [-0.15, -0.1) is 12.4 Å². The highest BCUT2D eigenvalue weighted by atomic mass is 35.5. The quantitative estimate of drug-likeness (QED) is 0.825. The van der Waals surface area contributed by atoms with E-state index in [4.69, 9.17) is 0 Å². The minimum atomic E-state index is 0. The fraction of sp³-hybridized carbons (Fsp3) is 0.412. The Morgan fingerprint density at radius 3 is 2.92 bits per heavy atom. The first-order chi connectivity index (χ1) is 11.3. The SMILES string of the molecule is Cl.O=C(CC1CSCCN1)Nc1ccnn1CCc1ccccc1. The molecular weight excluding hydrogens is 344 g/mol. The molecule has 1 aliphatic heterocycles. The number of aromatic nitrogens is 2. The second-order valence-corrected chi connectivity index (χ2v) is 6.80. The van der Waals surface area contributed by atoms with Gasteiger partial charge in [0.05, 0.1) is 6.20 Å². The second-order valence-electron chi connectivity index (χ2n) is 5.65. The Labute approximate surface area is 153 Å². The maximum atomic E-state index is 12.2. The summed E-state index contributed by atoms with van der Waals surface area (Å²) in [6, 6.07) is 12.4. The fourth-order valence-electron chi connectivity index (χ4n) is 2.67. The normalized spacial score (nSPS) is 17.1. The molecule has 1 aromatic carbocycles. The summed E-state index contributed by atoms with van der Waals surface area (Å²) in [5.74, 6) is 2.95. The predicted octanol–water partition coefficient (Wildman–Crippen LogP) is 2.58. The van der Waals surface area contributed by atoms with Crippen molar-refractivity contribution in [2.24, 2.45) is 0 Å². The van der Waals surface area contributed by atoms with Gasteiger partial charge < -0.3 is 10.6 Å². The molecule has 1 aromatic heterocycles. The van der Waals surface area contributed by atoms with Gasteiger partial charge in [0.2, 0.25) is 5.91 Å². The van der Waals surface area contributed by atoms with Gasteiger partial charge in [-0.1, -0.05) is 30.3 Å². The molecule has 5 nitrogen and oxygen atoms in total. The van der Waals surface area contributed by atoms with Crippen LogP contribution in [0.4, 0.5) is 5.82 Å². The molecule has 0 radical (unpaired) electrons. The summed E-state index contributed by atoms with van der Waals surface area (Å²) < 4.78 is 1.86. The highest BCUT2D eigenvalue weighted by molar-refractivity contribution is 7.99. The van der Waals surface area contributed by atoms with Crippen LogP contribution in [0.15, 0.2) is 42.6 Å². The molecule has 0 saturated carbocycles. The first-order valence-corrected chi connectivity index (χ1v) is 9.13. The van der Waals surface area contributed by atoms with E-state index in [1.165, 1.54) is 5.56 Å². The maximum absolute atomic E-state index is 12.2. The van der Waals surface area contributed by atoms with E-state index in [2.05, 4.69) is 27.9 Å². The zero-order valence-electron chi connectivity index (χ0n) is 13.5. The number of nitrogens with one attached hydrogen (secondary N) is 2. The van der Waals surface area contributed by atoms with Crippen LogP contribution in [0.2, 0.25) is 0 Å². The largest absolute Gasteiger partial charge is 0.312 e. The molecule has 2 N–H and O–H groups in total. The number of nitrogens with zero attached hydrogens (tertiary/aromatic N) is 2. The minimum absolute atomic E-state index is 0. The van der Waals surface area contributed by atoms with E-state index < -0.39 is 0 Å². The van der Waals surface area contributed by atoms with Gasteiger partial charge in [-0.2, -0.15) is 16.9 Å². The summed E-state index contributed by atoms with van der Waals surface area (Å²) in [6.07, 6.45) is 3.14. The van der Waals surface area contributed by atoms with Gasteiger partial charge in [-0.3, -0.25) is 4.79 Å². The lowest BCUT2D eigenvalue weighted by molar-refractivity contribution is -0.116. The third kappa shape index (κ3) is 5.54. The average molecular weight is 367 g/mol. The van der Waals surface area contributed by atoms with Gasteiger partial charge in [0.1, 0.15) is 5.82 Å². The Bertz CT molecular complexity index is 629. The number of benzene rings is 1. The number of carbonyl (C=O) groups excluding carboxylic acids is 1. The molecule has 1 unspecified atom stereocenters. The summed E-state index contributed by atoms with van der Waals surface area (Å²) in [5.41, 5.74) is 1.27. The molecule has 3 rings (SSSR count). The first-order valence-electron chi connectivity index (χ1n) is 7.98. The summed E-state index contributed by atoms with van der Waals surface area (Å²) in [7, 11) is 0. The van der Waals surface area contributed by atoms with Crippen molar-refractivity contribution < 1.29 is 4.79 Å². The molecule has 0 bridgehead atoms. The number of halogens is 1. The smallest absolute Gasteiger partial charge is 0.227 e. The van der Waals surface area contributed by atoms with Crippen molar-refractivity contribution in [3.8, 4) is 0 Å². The number of hydrogen-bond donors (Lipinski definition) is 2. The second kappa shape index (κ2) is 9.71. The van der Waals surface area contributed by atoms with Crippen LogP contribution in [0.1, 0.15) is 12.0 Å². The molecule has 1 aliphatic rings. The van der Waals surface area contributed by atoms with Crippen LogP contribution in [0.5, 0.6) is 0 Å². The van der Waals surface area contributed by atoms with Gasteiger partial charge in [-0.25, -0.2) is 4.68 Å². The molecule has 1 amide bonds. The van der Waals surface area contributed by atoms with Crippen LogP contribution < -0.4 is 10.6 Å². The summed E-state index contributed by atoms with van der Waals surface area (Å²) >= 11 is 1.90. The Kier molecular flexibility index (Phi) is 7.62. The van der Waals surface area contributed by atoms with Gasteiger partial charge >= 0.3 is 0 Å². The van der Waals surface area contributed by atoms with Crippen LogP contribution >= 0.6 is 24.2 Å². The van der Waals surface area contributed by atoms with E-state index >= 15 is 0 Å². The number of anilines is 1. The monoisotopic (exact) mass is 366 g/mol. The number of carbonyl (C=O) groups is 1. The summed E-state index contributed by atoms with van der Waals surface area (Å²) in [5, 5.41) is 10.7. The Morgan fingerprint density at radius 2 is 2.17 bits per heavy atom. The Hall–Kier alpha value is -1.50. The standard InChI is InChI=1S/C17H22N4OS.ClH/c22-17(12-15-13-23-11-9-18-15)20-16-6-8-19-21(16)10-7-14-4-2-1-3-5-14;/h1-6,8,15,18H,7,9-13H2,(H,20,22);1H. The topological polar surface area (TPSA) is 59.0 Å². The highest BCUT2D eigenvalue weighted by Gasteiger charge is 2.17. The zero-order valence-corrected chi connectivity index (χ0v) is 15.1. The number of amides is 1. The van der Waals surface area contributed by atoms with Crippen molar-refractivity contribution in [2.75, 3.05) is 23.4 Å². The molecule has 1 atom stereocenters. The molecule has 0 spiro atoms. The van der Waals surface area contributed by atoms with Gasteiger partial charge in [0.15, 0.2) is 0 Å². The molecule has 1 saturated heterocycles. The third-order valence-corrected chi connectivity index (χ3v) is 5.00. The fourth-order valence-corrected chi connectivity index (χ4v) is 3.61. The lowest BCUT2D eigenvalue weighted by Crippen LogP contribution is -2.40.